The number of hydrogen-bond acceptors (Lipinski definition) is 3. The molecule has 0 bridgehead atoms. The highest BCUT2D eigenvalue weighted by atomic mass is 19.1. The highest BCUT2D eigenvalue weighted by Gasteiger charge is 2.12. The molecule has 0 atom stereocenters. The molecule has 5 heteroatoms. The molecule has 120 valence electrons. The topological polar surface area (TPSA) is 19.6 Å². The summed E-state index contributed by atoms with van der Waals surface area (Å²) in [5.74, 6) is 0.0303. The lowest BCUT2D eigenvalue weighted by Gasteiger charge is -2.22. The van der Waals surface area contributed by atoms with E-state index in [4.69, 9.17) is 4.42 Å². The summed E-state index contributed by atoms with van der Waals surface area (Å²) in [6, 6.07) is 7.30. The smallest absolute Gasteiger partial charge is 0.127 e. The van der Waals surface area contributed by atoms with Crippen molar-refractivity contribution < 1.29 is 13.2 Å². The van der Waals surface area contributed by atoms with Gasteiger partial charge in [-0.05, 0) is 57.4 Å². The lowest BCUT2D eigenvalue weighted by atomic mass is 10.2. The second-order valence-electron chi connectivity index (χ2n) is 5.68. The first-order valence-corrected chi connectivity index (χ1v) is 7.38. The Hall–Kier alpha value is -1.72. The quantitative estimate of drug-likeness (QED) is 0.744. The SMILES string of the molecule is CN(C)CCCN(Cc1ccco1)Cc1cc(F)ccc1F. The van der Waals surface area contributed by atoms with E-state index >= 15 is 0 Å². The zero-order valence-electron chi connectivity index (χ0n) is 13.1. The van der Waals surface area contributed by atoms with Crippen LogP contribution in [0.3, 0.4) is 0 Å². The van der Waals surface area contributed by atoms with Crippen LogP contribution in [0.5, 0.6) is 0 Å². The van der Waals surface area contributed by atoms with E-state index in [0.29, 0.717) is 18.7 Å². The van der Waals surface area contributed by atoms with Gasteiger partial charge in [-0.3, -0.25) is 4.90 Å². The summed E-state index contributed by atoms with van der Waals surface area (Å²) in [6.45, 7) is 2.67. The van der Waals surface area contributed by atoms with Crippen molar-refractivity contribution >= 4 is 0 Å². The van der Waals surface area contributed by atoms with Gasteiger partial charge in [0.15, 0.2) is 0 Å². The van der Waals surface area contributed by atoms with E-state index in [9.17, 15) is 8.78 Å². The first-order chi connectivity index (χ1) is 10.5. The van der Waals surface area contributed by atoms with Crippen LogP contribution >= 0.6 is 0 Å². The van der Waals surface area contributed by atoms with Gasteiger partial charge in [0.2, 0.25) is 0 Å². The lowest BCUT2D eigenvalue weighted by molar-refractivity contribution is 0.219. The molecule has 0 N–H and O–H groups in total. The highest BCUT2D eigenvalue weighted by Crippen LogP contribution is 2.15. The molecule has 0 spiro atoms. The zero-order valence-corrected chi connectivity index (χ0v) is 13.1. The highest BCUT2D eigenvalue weighted by molar-refractivity contribution is 5.18. The predicted molar refractivity (Wildman–Crippen MR) is 82.4 cm³/mol. The van der Waals surface area contributed by atoms with Gasteiger partial charge in [-0.2, -0.15) is 0 Å². The Bertz CT molecular complexity index is 570. The molecule has 22 heavy (non-hydrogen) atoms. The molecule has 0 amide bonds. The Morgan fingerprint density at radius 1 is 1.05 bits per heavy atom. The minimum absolute atomic E-state index is 0.359. The minimum atomic E-state index is -0.414. The van der Waals surface area contributed by atoms with Crippen molar-refractivity contribution in [3.63, 3.8) is 0 Å². The number of halogens is 2. The van der Waals surface area contributed by atoms with Crippen LogP contribution in [0, 0.1) is 11.6 Å². The number of benzene rings is 1. The van der Waals surface area contributed by atoms with E-state index in [1.165, 1.54) is 12.1 Å². The van der Waals surface area contributed by atoms with Crippen molar-refractivity contribution in [2.75, 3.05) is 27.2 Å². The maximum atomic E-state index is 13.8. The number of furan rings is 1. The van der Waals surface area contributed by atoms with E-state index in [1.54, 1.807) is 6.26 Å². The van der Waals surface area contributed by atoms with Crippen LogP contribution in [0.1, 0.15) is 17.7 Å². The van der Waals surface area contributed by atoms with Crippen molar-refractivity contribution in [1.82, 2.24) is 9.80 Å². The van der Waals surface area contributed by atoms with Gasteiger partial charge in [0, 0.05) is 18.7 Å². The molecule has 0 saturated heterocycles. The molecule has 2 rings (SSSR count). The van der Waals surface area contributed by atoms with Crippen LogP contribution in [0.15, 0.2) is 41.0 Å². The first-order valence-electron chi connectivity index (χ1n) is 7.38. The normalized spacial score (nSPS) is 11.5. The fraction of sp³-hybridized carbons (Fsp3) is 0.412. The average molecular weight is 308 g/mol. The Balaban J connectivity index is 2.04. The van der Waals surface area contributed by atoms with E-state index in [0.717, 1.165) is 31.3 Å². The first kappa shape index (κ1) is 16.6. The van der Waals surface area contributed by atoms with E-state index in [2.05, 4.69) is 9.80 Å². The van der Waals surface area contributed by atoms with Gasteiger partial charge in [-0.25, -0.2) is 8.78 Å². The molecule has 0 aliphatic carbocycles. The third-order valence-electron chi connectivity index (χ3n) is 3.44. The van der Waals surface area contributed by atoms with E-state index < -0.39 is 5.82 Å². The Kier molecular flexibility index (Phi) is 6.10. The minimum Gasteiger partial charge on any atom is -0.468 e. The second kappa shape index (κ2) is 8.06. The largest absolute Gasteiger partial charge is 0.468 e. The van der Waals surface area contributed by atoms with Gasteiger partial charge in [0.1, 0.15) is 17.4 Å². The number of nitrogens with zero attached hydrogens (tertiary/aromatic N) is 2. The van der Waals surface area contributed by atoms with Crippen LogP contribution < -0.4 is 0 Å². The number of hydrogen-bond donors (Lipinski definition) is 0. The molecule has 0 unspecified atom stereocenters. The van der Waals surface area contributed by atoms with Crippen molar-refractivity contribution in [2.45, 2.75) is 19.5 Å². The van der Waals surface area contributed by atoms with Gasteiger partial charge < -0.3 is 9.32 Å². The fourth-order valence-corrected chi connectivity index (χ4v) is 2.35. The molecule has 0 radical (unpaired) electrons. The van der Waals surface area contributed by atoms with Crippen LogP contribution in [-0.4, -0.2) is 37.0 Å². The standard InChI is InChI=1S/C17H22F2N2O/c1-20(2)8-4-9-21(13-16-5-3-10-22-16)12-14-11-15(18)6-7-17(14)19/h3,5-7,10-11H,4,8-9,12-13H2,1-2H3. The zero-order chi connectivity index (χ0) is 15.9. The molecule has 3 nitrogen and oxygen atoms in total. The Morgan fingerprint density at radius 3 is 2.55 bits per heavy atom. The molecule has 0 aliphatic rings. The summed E-state index contributed by atoms with van der Waals surface area (Å²) in [5.41, 5.74) is 0.372. The summed E-state index contributed by atoms with van der Waals surface area (Å²) < 4.78 is 32.5. The van der Waals surface area contributed by atoms with Gasteiger partial charge in [0.05, 0.1) is 12.8 Å². The van der Waals surface area contributed by atoms with Gasteiger partial charge in [0.25, 0.3) is 0 Å². The lowest BCUT2D eigenvalue weighted by Crippen LogP contribution is -2.27. The maximum Gasteiger partial charge on any atom is 0.127 e. The molecular formula is C17H22F2N2O. The van der Waals surface area contributed by atoms with Gasteiger partial charge in [-0.1, -0.05) is 0 Å². The van der Waals surface area contributed by atoms with Crippen molar-refractivity contribution in [1.29, 1.82) is 0 Å². The molecule has 1 aromatic heterocycles. The van der Waals surface area contributed by atoms with Crippen LogP contribution in [0.4, 0.5) is 8.78 Å². The van der Waals surface area contributed by atoms with Gasteiger partial charge in [-0.15, -0.1) is 0 Å². The van der Waals surface area contributed by atoms with E-state index in [1.807, 2.05) is 26.2 Å². The monoisotopic (exact) mass is 308 g/mol. The summed E-state index contributed by atoms with van der Waals surface area (Å²) in [6.07, 6.45) is 2.57. The number of rotatable bonds is 8. The summed E-state index contributed by atoms with van der Waals surface area (Å²) in [4.78, 5) is 4.17. The third kappa shape index (κ3) is 5.24. The van der Waals surface area contributed by atoms with Crippen molar-refractivity contribution in [2.24, 2.45) is 0 Å². The second-order valence-corrected chi connectivity index (χ2v) is 5.68. The molecule has 1 heterocycles. The summed E-state index contributed by atoms with van der Waals surface area (Å²) in [5, 5.41) is 0. The van der Waals surface area contributed by atoms with Crippen molar-refractivity contribution in [3.05, 3.63) is 59.6 Å². The van der Waals surface area contributed by atoms with Crippen molar-refractivity contribution in [3.8, 4) is 0 Å². The molecule has 1 aromatic carbocycles. The summed E-state index contributed by atoms with van der Waals surface area (Å²) in [7, 11) is 4.03. The Morgan fingerprint density at radius 2 is 1.86 bits per heavy atom. The van der Waals surface area contributed by atoms with E-state index in [-0.39, 0.29) is 5.82 Å². The fourth-order valence-electron chi connectivity index (χ4n) is 2.35. The molecule has 0 saturated carbocycles. The Labute approximate surface area is 130 Å². The van der Waals surface area contributed by atoms with Gasteiger partial charge >= 0.3 is 0 Å². The predicted octanol–water partition coefficient (Wildman–Crippen LogP) is 3.51. The molecule has 2 aromatic rings. The average Bonchev–Trinajstić information content (AvgIpc) is 2.95. The van der Waals surface area contributed by atoms with Crippen LogP contribution in [0.2, 0.25) is 0 Å². The van der Waals surface area contributed by atoms with Crippen LogP contribution in [0.25, 0.3) is 0 Å². The molecular weight excluding hydrogens is 286 g/mol. The van der Waals surface area contributed by atoms with Crippen LogP contribution in [-0.2, 0) is 13.1 Å². The molecule has 0 fully saturated rings. The maximum absolute atomic E-state index is 13.8. The summed E-state index contributed by atoms with van der Waals surface area (Å²) >= 11 is 0. The third-order valence-corrected chi connectivity index (χ3v) is 3.44. The molecule has 0 aliphatic heterocycles.